The zero-order valence-corrected chi connectivity index (χ0v) is 15.2. The van der Waals surface area contributed by atoms with E-state index >= 15 is 0 Å². The molecule has 0 aromatic heterocycles. The van der Waals surface area contributed by atoms with E-state index in [1.54, 1.807) is 0 Å². The monoisotopic (exact) mass is 394 g/mol. The second-order valence-electron chi connectivity index (χ2n) is 5.82. The first-order valence-corrected chi connectivity index (χ1v) is 8.95. The highest BCUT2D eigenvalue weighted by Crippen LogP contribution is 2.23. The van der Waals surface area contributed by atoms with Crippen molar-refractivity contribution in [1.29, 1.82) is 0 Å². The van der Waals surface area contributed by atoms with Gasteiger partial charge in [0.1, 0.15) is 12.4 Å². The minimum Gasteiger partial charge on any atom is -0.489 e. The van der Waals surface area contributed by atoms with Crippen LogP contribution in [-0.2, 0) is 13.2 Å². The van der Waals surface area contributed by atoms with Gasteiger partial charge >= 0.3 is 0 Å². The van der Waals surface area contributed by atoms with E-state index in [0.29, 0.717) is 6.61 Å². The Labute approximate surface area is 150 Å². The van der Waals surface area contributed by atoms with Crippen molar-refractivity contribution < 1.29 is 4.74 Å². The van der Waals surface area contributed by atoms with Gasteiger partial charge in [-0.15, -0.1) is 0 Å². The molecule has 1 fully saturated rings. The second kappa shape index (κ2) is 8.15. The first-order valence-electron chi connectivity index (χ1n) is 7.78. The van der Waals surface area contributed by atoms with E-state index in [0.717, 1.165) is 52.9 Å². The molecule has 3 nitrogen and oxygen atoms in total. The highest BCUT2D eigenvalue weighted by molar-refractivity contribution is 9.10. The number of ether oxygens (including phenoxy) is 1. The van der Waals surface area contributed by atoms with Crippen molar-refractivity contribution in [2.24, 2.45) is 5.92 Å². The van der Waals surface area contributed by atoms with Gasteiger partial charge in [-0.1, -0.05) is 45.7 Å². The SMILES string of the molecule is Clc1ccc(COc2ccc(CNCC3CNC3)cc2)c(Br)c1. The lowest BCUT2D eigenvalue weighted by atomic mass is 10.0. The van der Waals surface area contributed by atoms with Crippen LogP contribution in [-0.4, -0.2) is 19.6 Å². The van der Waals surface area contributed by atoms with Crippen LogP contribution in [0.1, 0.15) is 11.1 Å². The van der Waals surface area contributed by atoms with Gasteiger partial charge in [-0.2, -0.15) is 0 Å². The fourth-order valence-electron chi connectivity index (χ4n) is 2.42. The largest absolute Gasteiger partial charge is 0.489 e. The molecule has 2 aromatic rings. The van der Waals surface area contributed by atoms with Crippen LogP contribution >= 0.6 is 27.5 Å². The quantitative estimate of drug-likeness (QED) is 0.744. The molecule has 0 radical (unpaired) electrons. The van der Waals surface area contributed by atoms with Gasteiger partial charge in [0.2, 0.25) is 0 Å². The smallest absolute Gasteiger partial charge is 0.119 e. The lowest BCUT2D eigenvalue weighted by Crippen LogP contribution is -2.47. The normalized spacial score (nSPS) is 14.5. The van der Waals surface area contributed by atoms with E-state index in [-0.39, 0.29) is 0 Å². The van der Waals surface area contributed by atoms with Gasteiger partial charge in [0, 0.05) is 41.2 Å². The summed E-state index contributed by atoms with van der Waals surface area (Å²) in [4.78, 5) is 0. The third-order valence-electron chi connectivity index (χ3n) is 3.96. The molecular weight excluding hydrogens is 376 g/mol. The molecule has 0 unspecified atom stereocenters. The Morgan fingerprint density at radius 1 is 1.17 bits per heavy atom. The van der Waals surface area contributed by atoms with Crippen molar-refractivity contribution in [3.8, 4) is 5.75 Å². The van der Waals surface area contributed by atoms with Crippen molar-refractivity contribution in [1.82, 2.24) is 10.6 Å². The number of halogens is 2. The number of hydrogen-bond acceptors (Lipinski definition) is 3. The molecule has 1 aliphatic rings. The number of benzene rings is 2. The topological polar surface area (TPSA) is 33.3 Å². The fraction of sp³-hybridized carbons (Fsp3) is 0.333. The standard InChI is InChI=1S/C18H20BrClN2O/c19-18-7-16(20)4-3-15(18)12-23-17-5-1-13(2-6-17)8-21-9-14-10-22-11-14/h1-7,14,21-22H,8-12H2. The van der Waals surface area contributed by atoms with Crippen LogP contribution in [0.25, 0.3) is 0 Å². The molecule has 1 saturated heterocycles. The van der Waals surface area contributed by atoms with Gasteiger partial charge in [-0.3, -0.25) is 0 Å². The number of rotatable bonds is 7. The highest BCUT2D eigenvalue weighted by atomic mass is 79.9. The molecule has 122 valence electrons. The number of nitrogens with one attached hydrogen (secondary N) is 2. The molecule has 0 spiro atoms. The molecule has 2 N–H and O–H groups in total. The molecule has 3 rings (SSSR count). The molecule has 1 heterocycles. The van der Waals surface area contributed by atoms with Gasteiger partial charge in [-0.05, 0) is 35.7 Å². The highest BCUT2D eigenvalue weighted by Gasteiger charge is 2.15. The van der Waals surface area contributed by atoms with E-state index in [1.807, 2.05) is 30.3 Å². The van der Waals surface area contributed by atoms with Gasteiger partial charge < -0.3 is 15.4 Å². The summed E-state index contributed by atoms with van der Waals surface area (Å²) in [7, 11) is 0. The molecule has 0 aliphatic carbocycles. The molecule has 0 bridgehead atoms. The average molecular weight is 396 g/mol. The average Bonchev–Trinajstić information content (AvgIpc) is 2.50. The van der Waals surface area contributed by atoms with Crippen molar-refractivity contribution in [2.45, 2.75) is 13.2 Å². The second-order valence-corrected chi connectivity index (χ2v) is 7.11. The summed E-state index contributed by atoms with van der Waals surface area (Å²) < 4.78 is 6.80. The molecule has 0 amide bonds. The fourth-order valence-corrected chi connectivity index (χ4v) is 3.21. The summed E-state index contributed by atoms with van der Waals surface area (Å²) in [5.41, 5.74) is 2.35. The van der Waals surface area contributed by atoms with Crippen LogP contribution < -0.4 is 15.4 Å². The Hall–Kier alpha value is -1.07. The third kappa shape index (κ3) is 4.95. The third-order valence-corrected chi connectivity index (χ3v) is 4.93. The Morgan fingerprint density at radius 3 is 2.61 bits per heavy atom. The predicted octanol–water partition coefficient (Wildman–Crippen LogP) is 3.99. The maximum Gasteiger partial charge on any atom is 0.119 e. The molecule has 0 atom stereocenters. The van der Waals surface area contributed by atoms with Gasteiger partial charge in [0.25, 0.3) is 0 Å². The minimum atomic E-state index is 0.518. The summed E-state index contributed by atoms with van der Waals surface area (Å²) in [5.74, 6) is 1.66. The van der Waals surface area contributed by atoms with Gasteiger partial charge in [-0.25, -0.2) is 0 Å². The maximum absolute atomic E-state index is 5.95. The van der Waals surface area contributed by atoms with Crippen molar-refractivity contribution in [3.63, 3.8) is 0 Å². The van der Waals surface area contributed by atoms with Crippen molar-refractivity contribution >= 4 is 27.5 Å². The lowest BCUT2D eigenvalue weighted by Gasteiger charge is -2.27. The van der Waals surface area contributed by atoms with Crippen molar-refractivity contribution in [3.05, 3.63) is 63.1 Å². The van der Waals surface area contributed by atoms with E-state index in [2.05, 4.69) is 38.7 Å². The summed E-state index contributed by atoms with van der Waals surface area (Å²) in [6, 6.07) is 14.0. The van der Waals surface area contributed by atoms with Gasteiger partial charge in [0.05, 0.1) is 0 Å². The van der Waals surface area contributed by atoms with Crippen LogP contribution in [0.3, 0.4) is 0 Å². The zero-order chi connectivity index (χ0) is 16.1. The lowest BCUT2D eigenvalue weighted by molar-refractivity contribution is 0.305. The minimum absolute atomic E-state index is 0.518. The molecular formula is C18H20BrClN2O. The molecule has 1 aliphatic heterocycles. The van der Waals surface area contributed by atoms with E-state index in [1.165, 1.54) is 5.56 Å². The van der Waals surface area contributed by atoms with Crippen LogP contribution in [0.4, 0.5) is 0 Å². The summed E-state index contributed by atoms with van der Waals surface area (Å²) in [6.45, 7) is 4.78. The Kier molecular flexibility index (Phi) is 5.95. The summed E-state index contributed by atoms with van der Waals surface area (Å²) in [5, 5.41) is 7.50. The van der Waals surface area contributed by atoms with Crippen LogP contribution in [0, 0.1) is 5.92 Å². The first-order chi connectivity index (χ1) is 11.2. The van der Waals surface area contributed by atoms with Crippen molar-refractivity contribution in [2.75, 3.05) is 19.6 Å². The molecule has 5 heteroatoms. The van der Waals surface area contributed by atoms with Crippen LogP contribution in [0.5, 0.6) is 5.75 Å². The maximum atomic E-state index is 5.95. The molecule has 2 aromatic carbocycles. The van der Waals surface area contributed by atoms with Gasteiger partial charge in [0.15, 0.2) is 0 Å². The molecule has 0 saturated carbocycles. The Balaban J connectivity index is 1.46. The molecule has 23 heavy (non-hydrogen) atoms. The predicted molar refractivity (Wildman–Crippen MR) is 98.0 cm³/mol. The zero-order valence-electron chi connectivity index (χ0n) is 12.8. The number of hydrogen-bond donors (Lipinski definition) is 2. The van der Waals surface area contributed by atoms with E-state index in [4.69, 9.17) is 16.3 Å². The van der Waals surface area contributed by atoms with E-state index < -0.39 is 0 Å². The summed E-state index contributed by atoms with van der Waals surface area (Å²) >= 11 is 9.45. The summed E-state index contributed by atoms with van der Waals surface area (Å²) in [6.07, 6.45) is 0. The Bertz CT molecular complexity index is 644. The van der Waals surface area contributed by atoms with E-state index in [9.17, 15) is 0 Å². The first kappa shape index (κ1) is 16.8. The van der Waals surface area contributed by atoms with Crippen LogP contribution in [0.15, 0.2) is 46.9 Å². The van der Waals surface area contributed by atoms with Crippen LogP contribution in [0.2, 0.25) is 5.02 Å². The Morgan fingerprint density at radius 2 is 1.96 bits per heavy atom.